The SMILES string of the molecule is CCc1ccccc1OCc1cnn(C)c1. The van der Waals surface area contributed by atoms with Gasteiger partial charge in [-0.05, 0) is 18.1 Å². The zero-order chi connectivity index (χ0) is 11.4. The normalized spacial score (nSPS) is 10.4. The van der Waals surface area contributed by atoms with Crippen LogP contribution in [0.5, 0.6) is 5.75 Å². The fourth-order valence-electron chi connectivity index (χ4n) is 1.64. The second-order valence-corrected chi connectivity index (χ2v) is 3.77. The predicted octanol–water partition coefficient (Wildman–Crippen LogP) is 2.56. The topological polar surface area (TPSA) is 27.1 Å². The van der Waals surface area contributed by atoms with Crippen molar-refractivity contribution in [1.29, 1.82) is 0 Å². The number of aromatic nitrogens is 2. The molecule has 0 aliphatic heterocycles. The van der Waals surface area contributed by atoms with Crippen molar-refractivity contribution < 1.29 is 4.74 Å². The highest BCUT2D eigenvalue weighted by Crippen LogP contribution is 2.19. The second kappa shape index (κ2) is 4.84. The Morgan fingerprint density at radius 3 is 2.81 bits per heavy atom. The molecule has 0 bridgehead atoms. The van der Waals surface area contributed by atoms with E-state index in [0.29, 0.717) is 6.61 Å². The quantitative estimate of drug-likeness (QED) is 0.785. The summed E-state index contributed by atoms with van der Waals surface area (Å²) >= 11 is 0. The van der Waals surface area contributed by atoms with Crippen molar-refractivity contribution in [2.75, 3.05) is 0 Å². The molecule has 0 saturated heterocycles. The Bertz CT molecular complexity index is 462. The summed E-state index contributed by atoms with van der Waals surface area (Å²) in [7, 11) is 1.91. The maximum atomic E-state index is 5.77. The van der Waals surface area contributed by atoms with Crippen LogP contribution < -0.4 is 4.74 Å². The lowest BCUT2D eigenvalue weighted by atomic mass is 10.1. The van der Waals surface area contributed by atoms with Crippen molar-refractivity contribution >= 4 is 0 Å². The number of benzene rings is 1. The fourth-order valence-corrected chi connectivity index (χ4v) is 1.64. The van der Waals surface area contributed by atoms with Crippen molar-refractivity contribution in [3.05, 3.63) is 47.8 Å². The highest BCUT2D eigenvalue weighted by atomic mass is 16.5. The molecule has 3 nitrogen and oxygen atoms in total. The maximum Gasteiger partial charge on any atom is 0.122 e. The van der Waals surface area contributed by atoms with Gasteiger partial charge in [-0.3, -0.25) is 4.68 Å². The van der Waals surface area contributed by atoms with Gasteiger partial charge in [0.1, 0.15) is 12.4 Å². The largest absolute Gasteiger partial charge is 0.489 e. The van der Waals surface area contributed by atoms with Crippen LogP contribution in [0.2, 0.25) is 0 Å². The summed E-state index contributed by atoms with van der Waals surface area (Å²) in [6.45, 7) is 2.71. The van der Waals surface area contributed by atoms with Crippen LogP contribution in [0.4, 0.5) is 0 Å². The lowest BCUT2D eigenvalue weighted by Crippen LogP contribution is -1.97. The highest BCUT2D eigenvalue weighted by Gasteiger charge is 2.02. The van der Waals surface area contributed by atoms with Crippen LogP contribution in [-0.2, 0) is 20.1 Å². The first-order chi connectivity index (χ1) is 7.79. The zero-order valence-electron chi connectivity index (χ0n) is 9.68. The third-order valence-electron chi connectivity index (χ3n) is 2.51. The molecule has 2 aromatic rings. The number of para-hydroxylation sites is 1. The Balaban J connectivity index is 2.04. The van der Waals surface area contributed by atoms with E-state index >= 15 is 0 Å². The van der Waals surface area contributed by atoms with Gasteiger partial charge in [0, 0.05) is 18.8 Å². The lowest BCUT2D eigenvalue weighted by Gasteiger charge is -2.08. The van der Waals surface area contributed by atoms with Crippen molar-refractivity contribution in [3.8, 4) is 5.75 Å². The number of rotatable bonds is 4. The Labute approximate surface area is 95.7 Å². The predicted molar refractivity (Wildman–Crippen MR) is 63.4 cm³/mol. The molecule has 0 aliphatic rings. The van der Waals surface area contributed by atoms with E-state index in [1.165, 1.54) is 5.56 Å². The van der Waals surface area contributed by atoms with Gasteiger partial charge in [-0.25, -0.2) is 0 Å². The van der Waals surface area contributed by atoms with Crippen LogP contribution in [0.25, 0.3) is 0 Å². The molecule has 84 valence electrons. The number of ether oxygens (including phenoxy) is 1. The number of hydrogen-bond acceptors (Lipinski definition) is 2. The first-order valence-corrected chi connectivity index (χ1v) is 5.48. The minimum absolute atomic E-state index is 0.574. The van der Waals surface area contributed by atoms with E-state index in [9.17, 15) is 0 Å². The molecule has 0 N–H and O–H groups in total. The van der Waals surface area contributed by atoms with Gasteiger partial charge in [0.2, 0.25) is 0 Å². The third kappa shape index (κ3) is 2.42. The molecule has 0 fully saturated rings. The number of nitrogens with zero attached hydrogens (tertiary/aromatic N) is 2. The van der Waals surface area contributed by atoms with Gasteiger partial charge >= 0.3 is 0 Å². The molecule has 0 aliphatic carbocycles. The maximum absolute atomic E-state index is 5.77. The third-order valence-corrected chi connectivity index (χ3v) is 2.51. The van der Waals surface area contributed by atoms with Crippen LogP contribution in [-0.4, -0.2) is 9.78 Å². The van der Waals surface area contributed by atoms with Gasteiger partial charge in [0.25, 0.3) is 0 Å². The molecular weight excluding hydrogens is 200 g/mol. The average molecular weight is 216 g/mol. The first kappa shape index (κ1) is 10.7. The first-order valence-electron chi connectivity index (χ1n) is 5.48. The molecule has 1 aromatic heterocycles. The summed E-state index contributed by atoms with van der Waals surface area (Å²) in [6, 6.07) is 8.14. The number of aryl methyl sites for hydroxylation is 2. The van der Waals surface area contributed by atoms with Crippen molar-refractivity contribution in [3.63, 3.8) is 0 Å². The van der Waals surface area contributed by atoms with E-state index < -0.39 is 0 Å². The van der Waals surface area contributed by atoms with Crippen LogP contribution in [0, 0.1) is 0 Å². The Hall–Kier alpha value is -1.77. The van der Waals surface area contributed by atoms with E-state index in [0.717, 1.165) is 17.7 Å². The van der Waals surface area contributed by atoms with E-state index in [2.05, 4.69) is 18.1 Å². The molecular formula is C13H16N2O. The molecule has 0 amide bonds. The molecule has 1 aromatic carbocycles. The summed E-state index contributed by atoms with van der Waals surface area (Å²) in [5.41, 5.74) is 2.33. The fraction of sp³-hybridized carbons (Fsp3) is 0.308. The lowest BCUT2D eigenvalue weighted by molar-refractivity contribution is 0.303. The van der Waals surface area contributed by atoms with Crippen molar-refractivity contribution in [2.45, 2.75) is 20.0 Å². The van der Waals surface area contributed by atoms with E-state index in [-0.39, 0.29) is 0 Å². The van der Waals surface area contributed by atoms with Crippen LogP contribution in [0.1, 0.15) is 18.1 Å². The summed E-state index contributed by atoms with van der Waals surface area (Å²) in [6.07, 6.45) is 4.78. The van der Waals surface area contributed by atoms with E-state index in [1.807, 2.05) is 37.6 Å². The minimum Gasteiger partial charge on any atom is -0.489 e. The molecule has 0 atom stereocenters. The summed E-state index contributed by atoms with van der Waals surface area (Å²) in [5, 5.41) is 4.11. The molecule has 1 heterocycles. The molecule has 0 saturated carbocycles. The molecule has 0 radical (unpaired) electrons. The molecule has 0 unspecified atom stereocenters. The summed E-state index contributed by atoms with van der Waals surface area (Å²) in [4.78, 5) is 0. The summed E-state index contributed by atoms with van der Waals surface area (Å²) in [5.74, 6) is 0.967. The Kier molecular flexibility index (Phi) is 3.25. The molecule has 3 heteroatoms. The second-order valence-electron chi connectivity index (χ2n) is 3.77. The van der Waals surface area contributed by atoms with Crippen molar-refractivity contribution in [2.24, 2.45) is 7.05 Å². The average Bonchev–Trinajstić information content (AvgIpc) is 2.73. The smallest absolute Gasteiger partial charge is 0.122 e. The molecule has 16 heavy (non-hydrogen) atoms. The van der Waals surface area contributed by atoms with Gasteiger partial charge in [-0.1, -0.05) is 25.1 Å². The number of hydrogen-bond donors (Lipinski definition) is 0. The van der Waals surface area contributed by atoms with E-state index in [1.54, 1.807) is 4.68 Å². The van der Waals surface area contributed by atoms with Gasteiger partial charge in [-0.15, -0.1) is 0 Å². The van der Waals surface area contributed by atoms with Crippen LogP contribution in [0.3, 0.4) is 0 Å². The Morgan fingerprint density at radius 1 is 1.31 bits per heavy atom. The van der Waals surface area contributed by atoms with Crippen molar-refractivity contribution in [1.82, 2.24) is 9.78 Å². The molecule has 0 spiro atoms. The standard InChI is InChI=1S/C13H16N2O/c1-3-12-6-4-5-7-13(12)16-10-11-8-14-15(2)9-11/h4-9H,3,10H2,1-2H3. The minimum atomic E-state index is 0.574. The van der Waals surface area contributed by atoms with Gasteiger partial charge in [0.05, 0.1) is 6.20 Å². The van der Waals surface area contributed by atoms with Gasteiger partial charge in [0.15, 0.2) is 0 Å². The highest BCUT2D eigenvalue weighted by molar-refractivity contribution is 5.33. The van der Waals surface area contributed by atoms with Crippen LogP contribution in [0.15, 0.2) is 36.7 Å². The van der Waals surface area contributed by atoms with Crippen LogP contribution >= 0.6 is 0 Å². The van der Waals surface area contributed by atoms with Gasteiger partial charge < -0.3 is 4.74 Å². The molecule has 2 rings (SSSR count). The Morgan fingerprint density at radius 2 is 2.12 bits per heavy atom. The van der Waals surface area contributed by atoms with Gasteiger partial charge in [-0.2, -0.15) is 5.10 Å². The zero-order valence-corrected chi connectivity index (χ0v) is 9.68. The monoisotopic (exact) mass is 216 g/mol. The summed E-state index contributed by atoms with van der Waals surface area (Å²) < 4.78 is 7.56. The van der Waals surface area contributed by atoms with E-state index in [4.69, 9.17) is 4.74 Å².